The van der Waals surface area contributed by atoms with Gasteiger partial charge < -0.3 is 13.3 Å². The van der Waals surface area contributed by atoms with Crippen LogP contribution in [0.15, 0.2) is 0 Å². The van der Waals surface area contributed by atoms with Gasteiger partial charge in [-0.05, 0) is 25.7 Å². The maximum Gasteiger partial charge on any atom is 0.505 e. The van der Waals surface area contributed by atoms with Crippen LogP contribution in [0.2, 0.25) is 5.54 Å². The van der Waals surface area contributed by atoms with E-state index in [0.717, 1.165) is 25.7 Å². The topological polar surface area (TPSA) is 65.7 Å². The Morgan fingerprint density at radius 1 is 0.895 bits per heavy atom. The minimum Gasteiger partial charge on any atom is -0.373 e. The quantitative estimate of drug-likeness (QED) is 0.310. The van der Waals surface area contributed by atoms with Crippen molar-refractivity contribution in [2.24, 2.45) is 5.84 Å². The molecule has 1 atom stereocenters. The summed E-state index contributed by atoms with van der Waals surface area (Å²) >= 11 is 0. The number of rotatable bonds is 13. The Morgan fingerprint density at radius 3 is 1.58 bits per heavy atom. The Balaban J connectivity index is 4.92. The van der Waals surface area contributed by atoms with Crippen LogP contribution in [0.4, 0.5) is 0 Å². The standard InChI is InChI=1S/C13H32N2O3Si/c1-5-9-16-19(17-10-6-2,18-11-7-3)13(8-4)12-15-14/h13,15H,5-12,14H2,1-4H3. The molecule has 0 heterocycles. The van der Waals surface area contributed by atoms with Crippen LogP contribution in [-0.2, 0) is 13.3 Å². The molecule has 19 heavy (non-hydrogen) atoms. The monoisotopic (exact) mass is 292 g/mol. The van der Waals surface area contributed by atoms with Crippen LogP contribution in [-0.4, -0.2) is 35.2 Å². The van der Waals surface area contributed by atoms with E-state index < -0.39 is 8.80 Å². The highest BCUT2D eigenvalue weighted by molar-refractivity contribution is 6.62. The molecule has 0 aliphatic rings. The molecule has 1 unspecified atom stereocenters. The van der Waals surface area contributed by atoms with Crippen molar-refractivity contribution in [3.63, 3.8) is 0 Å². The van der Waals surface area contributed by atoms with E-state index >= 15 is 0 Å². The van der Waals surface area contributed by atoms with E-state index in [9.17, 15) is 0 Å². The molecular weight excluding hydrogens is 260 g/mol. The molecule has 0 amide bonds. The lowest BCUT2D eigenvalue weighted by Gasteiger charge is -2.35. The Bertz CT molecular complexity index is 187. The molecule has 116 valence electrons. The minimum atomic E-state index is -2.65. The van der Waals surface area contributed by atoms with Crippen molar-refractivity contribution in [2.45, 2.75) is 58.9 Å². The number of hydrogen-bond acceptors (Lipinski definition) is 5. The SMILES string of the molecule is CCCO[Si](OCCC)(OCCC)C(CC)CNN. The largest absolute Gasteiger partial charge is 0.505 e. The van der Waals surface area contributed by atoms with Gasteiger partial charge in [-0.15, -0.1) is 0 Å². The van der Waals surface area contributed by atoms with Crippen molar-refractivity contribution in [1.29, 1.82) is 0 Å². The van der Waals surface area contributed by atoms with Gasteiger partial charge in [0.05, 0.1) is 0 Å². The molecule has 0 saturated heterocycles. The predicted octanol–water partition coefficient (Wildman–Crippen LogP) is 2.45. The number of nitrogens with one attached hydrogen (secondary N) is 1. The van der Waals surface area contributed by atoms with Gasteiger partial charge in [-0.3, -0.25) is 11.3 Å². The summed E-state index contributed by atoms with van der Waals surface area (Å²) in [6.45, 7) is 11.1. The van der Waals surface area contributed by atoms with Crippen LogP contribution in [0.25, 0.3) is 0 Å². The van der Waals surface area contributed by atoms with E-state index in [2.05, 4.69) is 33.1 Å². The third-order valence-electron chi connectivity index (χ3n) is 2.88. The first-order chi connectivity index (χ1) is 9.20. The summed E-state index contributed by atoms with van der Waals surface area (Å²) in [5, 5.41) is 0. The molecule has 6 heteroatoms. The predicted molar refractivity (Wildman–Crippen MR) is 80.7 cm³/mol. The van der Waals surface area contributed by atoms with Gasteiger partial charge in [-0.25, -0.2) is 0 Å². The summed E-state index contributed by atoms with van der Waals surface area (Å²) in [6.07, 6.45) is 3.83. The van der Waals surface area contributed by atoms with Gasteiger partial charge in [0.1, 0.15) is 0 Å². The summed E-state index contributed by atoms with van der Waals surface area (Å²) in [5.74, 6) is 5.49. The van der Waals surface area contributed by atoms with Crippen LogP contribution in [0.5, 0.6) is 0 Å². The molecule has 0 bridgehead atoms. The third kappa shape index (κ3) is 6.83. The van der Waals surface area contributed by atoms with Crippen LogP contribution in [0, 0.1) is 0 Å². The summed E-state index contributed by atoms with van der Waals surface area (Å²) in [7, 11) is -2.65. The van der Waals surface area contributed by atoms with Crippen molar-refractivity contribution in [3.8, 4) is 0 Å². The van der Waals surface area contributed by atoms with Crippen LogP contribution in [0.3, 0.4) is 0 Å². The highest BCUT2D eigenvalue weighted by atomic mass is 28.4. The summed E-state index contributed by atoms with van der Waals surface area (Å²) in [5.41, 5.74) is 2.96. The summed E-state index contributed by atoms with van der Waals surface area (Å²) in [6, 6.07) is 0. The van der Waals surface area contributed by atoms with Crippen molar-refractivity contribution < 1.29 is 13.3 Å². The Hall–Kier alpha value is 0.0169. The highest BCUT2D eigenvalue weighted by Crippen LogP contribution is 2.29. The summed E-state index contributed by atoms with van der Waals surface area (Å²) in [4.78, 5) is 0. The van der Waals surface area contributed by atoms with Crippen LogP contribution < -0.4 is 11.3 Å². The molecule has 0 aliphatic heterocycles. The number of hydrazine groups is 1. The molecule has 3 N–H and O–H groups in total. The van der Waals surface area contributed by atoms with E-state index in [1.165, 1.54) is 0 Å². The Kier molecular flexibility index (Phi) is 11.8. The van der Waals surface area contributed by atoms with E-state index in [-0.39, 0.29) is 5.54 Å². The fourth-order valence-electron chi connectivity index (χ4n) is 1.87. The van der Waals surface area contributed by atoms with Gasteiger partial charge >= 0.3 is 8.80 Å². The lowest BCUT2D eigenvalue weighted by Crippen LogP contribution is -2.53. The zero-order valence-electron chi connectivity index (χ0n) is 13.0. The van der Waals surface area contributed by atoms with Crippen molar-refractivity contribution >= 4 is 8.80 Å². The highest BCUT2D eigenvalue weighted by Gasteiger charge is 2.48. The molecule has 0 aliphatic carbocycles. The first kappa shape index (κ1) is 19.0. The maximum atomic E-state index is 6.09. The lowest BCUT2D eigenvalue weighted by atomic mass is 10.3. The van der Waals surface area contributed by atoms with Crippen molar-refractivity contribution in [3.05, 3.63) is 0 Å². The molecular formula is C13H32N2O3Si. The second kappa shape index (κ2) is 11.8. The smallest absolute Gasteiger partial charge is 0.373 e. The summed E-state index contributed by atoms with van der Waals surface area (Å²) < 4.78 is 18.3. The van der Waals surface area contributed by atoms with E-state index in [1.54, 1.807) is 0 Å². The third-order valence-corrected chi connectivity index (χ3v) is 6.31. The molecule has 0 radical (unpaired) electrons. The fourth-order valence-corrected chi connectivity index (χ4v) is 5.16. The molecule has 0 saturated carbocycles. The molecule has 0 aromatic heterocycles. The van der Waals surface area contributed by atoms with Crippen LogP contribution in [0.1, 0.15) is 53.4 Å². The maximum absolute atomic E-state index is 6.09. The fraction of sp³-hybridized carbons (Fsp3) is 1.00. The van der Waals surface area contributed by atoms with Gasteiger partial charge in [0.15, 0.2) is 0 Å². The first-order valence-electron chi connectivity index (χ1n) is 7.55. The lowest BCUT2D eigenvalue weighted by molar-refractivity contribution is 0.0486. The number of nitrogens with two attached hydrogens (primary N) is 1. The second-order valence-electron chi connectivity index (χ2n) is 4.66. The molecule has 0 aromatic rings. The van der Waals surface area contributed by atoms with Gasteiger partial charge in [0, 0.05) is 31.9 Å². The average Bonchev–Trinajstić information content (AvgIpc) is 2.44. The molecule has 0 rings (SSSR count). The zero-order valence-corrected chi connectivity index (χ0v) is 14.0. The second-order valence-corrected chi connectivity index (χ2v) is 7.55. The van der Waals surface area contributed by atoms with Gasteiger partial charge in [0.25, 0.3) is 0 Å². The van der Waals surface area contributed by atoms with E-state index in [4.69, 9.17) is 19.1 Å². The Morgan fingerprint density at radius 2 is 1.32 bits per heavy atom. The van der Waals surface area contributed by atoms with Gasteiger partial charge in [0.2, 0.25) is 0 Å². The van der Waals surface area contributed by atoms with Gasteiger partial charge in [-0.1, -0.05) is 27.7 Å². The van der Waals surface area contributed by atoms with Crippen molar-refractivity contribution in [1.82, 2.24) is 5.43 Å². The molecule has 0 spiro atoms. The first-order valence-corrected chi connectivity index (χ1v) is 9.36. The average molecular weight is 292 g/mol. The number of hydrogen-bond donors (Lipinski definition) is 2. The van der Waals surface area contributed by atoms with Crippen LogP contribution >= 0.6 is 0 Å². The normalized spacial score (nSPS) is 13.7. The van der Waals surface area contributed by atoms with Gasteiger partial charge in [-0.2, -0.15) is 0 Å². The molecule has 0 fully saturated rings. The molecule has 0 aromatic carbocycles. The minimum absolute atomic E-state index is 0.210. The molecule has 5 nitrogen and oxygen atoms in total. The Labute approximate surface area is 119 Å². The van der Waals surface area contributed by atoms with Crippen molar-refractivity contribution in [2.75, 3.05) is 26.4 Å². The van der Waals surface area contributed by atoms with E-state index in [1.807, 2.05) is 0 Å². The zero-order chi connectivity index (χ0) is 14.6. The van der Waals surface area contributed by atoms with E-state index in [0.29, 0.717) is 26.4 Å².